The number of benzene rings is 1. The minimum absolute atomic E-state index is 0.0202. The number of furan rings is 1. The Balaban J connectivity index is 1.57. The van der Waals surface area contributed by atoms with Crippen molar-refractivity contribution in [2.45, 2.75) is 44.2 Å². The van der Waals surface area contributed by atoms with Gasteiger partial charge in [-0.25, -0.2) is 4.79 Å². The van der Waals surface area contributed by atoms with Gasteiger partial charge in [0.2, 0.25) is 0 Å². The number of methoxy groups -OCH3 is 1. The Kier molecular flexibility index (Phi) is 5.15. The van der Waals surface area contributed by atoms with E-state index in [0.29, 0.717) is 18.6 Å². The summed E-state index contributed by atoms with van der Waals surface area (Å²) >= 11 is 0. The maximum absolute atomic E-state index is 12.9. The minimum Gasteiger partial charge on any atom is -0.467 e. The van der Waals surface area contributed by atoms with Crippen LogP contribution in [0.3, 0.4) is 0 Å². The summed E-state index contributed by atoms with van der Waals surface area (Å²) in [6.07, 6.45) is 5.10. The Bertz CT molecular complexity index is 1000. The number of fused-ring (bicyclic) bond motifs is 1. The summed E-state index contributed by atoms with van der Waals surface area (Å²) in [6.45, 7) is 0.0202. The second-order valence-electron chi connectivity index (χ2n) is 7.62. The molecule has 2 aliphatic rings. The Morgan fingerprint density at radius 3 is 2.50 bits per heavy atom. The summed E-state index contributed by atoms with van der Waals surface area (Å²) in [5.74, 6) is -1.37. The molecule has 1 fully saturated rings. The van der Waals surface area contributed by atoms with Crippen molar-refractivity contribution in [1.29, 1.82) is 0 Å². The SMILES string of the molecule is COC(=O)C1(NC(=O)c2ccc3c(c2)C(=O)N(Cc2ccco2)C3=O)CCCCC1. The van der Waals surface area contributed by atoms with E-state index in [4.69, 9.17) is 9.15 Å². The molecule has 2 aromatic rings. The van der Waals surface area contributed by atoms with Crippen molar-refractivity contribution in [3.05, 3.63) is 59.0 Å². The van der Waals surface area contributed by atoms with Crippen LogP contribution in [0.25, 0.3) is 0 Å². The van der Waals surface area contributed by atoms with Crippen molar-refractivity contribution in [3.63, 3.8) is 0 Å². The Labute approximate surface area is 173 Å². The predicted molar refractivity (Wildman–Crippen MR) is 105 cm³/mol. The van der Waals surface area contributed by atoms with Gasteiger partial charge in [-0.1, -0.05) is 19.3 Å². The number of ether oxygens (including phenoxy) is 1. The van der Waals surface area contributed by atoms with E-state index >= 15 is 0 Å². The van der Waals surface area contributed by atoms with E-state index < -0.39 is 29.2 Å². The molecule has 4 rings (SSSR count). The average Bonchev–Trinajstić information content (AvgIpc) is 3.36. The fraction of sp³-hybridized carbons (Fsp3) is 0.364. The largest absolute Gasteiger partial charge is 0.467 e. The lowest BCUT2D eigenvalue weighted by molar-refractivity contribution is -0.149. The maximum Gasteiger partial charge on any atom is 0.331 e. The van der Waals surface area contributed by atoms with Crippen molar-refractivity contribution in [2.75, 3.05) is 7.11 Å². The molecule has 1 aliphatic carbocycles. The first-order valence-electron chi connectivity index (χ1n) is 9.89. The molecule has 30 heavy (non-hydrogen) atoms. The zero-order valence-corrected chi connectivity index (χ0v) is 16.6. The van der Waals surface area contributed by atoms with E-state index in [-0.39, 0.29) is 23.2 Å². The molecule has 0 unspecified atom stereocenters. The summed E-state index contributed by atoms with van der Waals surface area (Å²) < 4.78 is 10.2. The molecule has 8 nitrogen and oxygen atoms in total. The van der Waals surface area contributed by atoms with Crippen molar-refractivity contribution >= 4 is 23.7 Å². The van der Waals surface area contributed by atoms with Crippen molar-refractivity contribution in [2.24, 2.45) is 0 Å². The van der Waals surface area contributed by atoms with Crippen LogP contribution in [0.2, 0.25) is 0 Å². The van der Waals surface area contributed by atoms with Crippen LogP contribution in [0.15, 0.2) is 41.0 Å². The normalized spacial score (nSPS) is 17.6. The number of esters is 1. The maximum atomic E-state index is 12.9. The fourth-order valence-electron chi connectivity index (χ4n) is 4.15. The van der Waals surface area contributed by atoms with Crippen LogP contribution in [0.4, 0.5) is 0 Å². The Morgan fingerprint density at radius 2 is 1.83 bits per heavy atom. The Morgan fingerprint density at radius 1 is 1.10 bits per heavy atom. The molecule has 1 aromatic heterocycles. The van der Waals surface area contributed by atoms with E-state index in [1.54, 1.807) is 12.1 Å². The van der Waals surface area contributed by atoms with Crippen LogP contribution in [0.5, 0.6) is 0 Å². The lowest BCUT2D eigenvalue weighted by Gasteiger charge is -2.35. The molecular weight excluding hydrogens is 388 g/mol. The molecule has 0 spiro atoms. The number of hydrogen-bond donors (Lipinski definition) is 1. The van der Waals surface area contributed by atoms with E-state index in [0.717, 1.165) is 24.2 Å². The number of rotatable bonds is 5. The number of carbonyl (C=O) groups excluding carboxylic acids is 4. The van der Waals surface area contributed by atoms with Gasteiger partial charge in [-0.05, 0) is 43.2 Å². The number of nitrogens with zero attached hydrogens (tertiary/aromatic N) is 1. The van der Waals surface area contributed by atoms with E-state index in [9.17, 15) is 19.2 Å². The molecular formula is C22H22N2O6. The molecule has 1 aliphatic heterocycles. The van der Waals surface area contributed by atoms with Crippen LogP contribution in [-0.2, 0) is 16.1 Å². The van der Waals surface area contributed by atoms with Gasteiger partial charge in [0.25, 0.3) is 17.7 Å². The van der Waals surface area contributed by atoms with E-state index in [1.165, 1.54) is 31.6 Å². The molecule has 0 saturated heterocycles. The zero-order chi connectivity index (χ0) is 21.3. The average molecular weight is 410 g/mol. The lowest BCUT2D eigenvalue weighted by Crippen LogP contribution is -2.56. The summed E-state index contributed by atoms with van der Waals surface area (Å²) in [6, 6.07) is 7.72. The van der Waals surface area contributed by atoms with Crippen molar-refractivity contribution in [3.8, 4) is 0 Å². The van der Waals surface area contributed by atoms with Crippen LogP contribution in [-0.4, -0.2) is 41.2 Å². The van der Waals surface area contributed by atoms with Gasteiger partial charge in [-0.2, -0.15) is 0 Å². The molecule has 0 bridgehead atoms. The highest BCUT2D eigenvalue weighted by Crippen LogP contribution is 2.31. The molecule has 0 radical (unpaired) electrons. The Hall–Kier alpha value is -3.42. The third kappa shape index (κ3) is 3.38. The first kappa shape index (κ1) is 19.9. The van der Waals surface area contributed by atoms with Gasteiger partial charge in [0, 0.05) is 5.56 Å². The third-order valence-corrected chi connectivity index (χ3v) is 5.76. The lowest BCUT2D eigenvalue weighted by atomic mass is 9.81. The summed E-state index contributed by atoms with van der Waals surface area (Å²) in [5.41, 5.74) is -0.448. The molecule has 3 amide bonds. The van der Waals surface area contributed by atoms with Crippen LogP contribution >= 0.6 is 0 Å². The van der Waals surface area contributed by atoms with Gasteiger partial charge in [-0.3, -0.25) is 19.3 Å². The molecule has 1 N–H and O–H groups in total. The van der Waals surface area contributed by atoms with Gasteiger partial charge < -0.3 is 14.5 Å². The highest BCUT2D eigenvalue weighted by atomic mass is 16.5. The van der Waals surface area contributed by atoms with Gasteiger partial charge in [0.05, 0.1) is 31.0 Å². The summed E-state index contributed by atoms with van der Waals surface area (Å²) in [7, 11) is 1.30. The van der Waals surface area contributed by atoms with Crippen LogP contribution in [0.1, 0.15) is 68.9 Å². The number of amides is 3. The molecule has 156 valence electrons. The van der Waals surface area contributed by atoms with Crippen molar-refractivity contribution < 1.29 is 28.3 Å². The van der Waals surface area contributed by atoms with E-state index in [1.807, 2.05) is 0 Å². The van der Waals surface area contributed by atoms with Gasteiger partial charge in [0.15, 0.2) is 0 Å². The van der Waals surface area contributed by atoms with Gasteiger partial charge >= 0.3 is 5.97 Å². The molecule has 2 heterocycles. The smallest absolute Gasteiger partial charge is 0.331 e. The second kappa shape index (κ2) is 7.78. The van der Waals surface area contributed by atoms with E-state index in [2.05, 4.69) is 5.32 Å². The zero-order valence-electron chi connectivity index (χ0n) is 16.6. The number of carbonyl (C=O) groups is 4. The van der Waals surface area contributed by atoms with Gasteiger partial charge in [-0.15, -0.1) is 0 Å². The highest BCUT2D eigenvalue weighted by molar-refractivity contribution is 6.22. The second-order valence-corrected chi connectivity index (χ2v) is 7.62. The highest BCUT2D eigenvalue weighted by Gasteiger charge is 2.42. The quantitative estimate of drug-likeness (QED) is 0.600. The number of nitrogens with one attached hydrogen (secondary N) is 1. The van der Waals surface area contributed by atoms with Gasteiger partial charge in [0.1, 0.15) is 11.3 Å². The predicted octanol–water partition coefficient (Wildman–Crippen LogP) is 2.68. The summed E-state index contributed by atoms with van der Waals surface area (Å²) in [4.78, 5) is 51.8. The minimum atomic E-state index is -1.06. The molecule has 1 saturated carbocycles. The first-order chi connectivity index (χ1) is 14.4. The molecule has 0 atom stereocenters. The standard InChI is InChI=1S/C22H22N2O6/c1-29-21(28)22(9-3-2-4-10-22)23-18(25)14-7-8-16-17(12-14)20(27)24(19(16)26)13-15-6-5-11-30-15/h5-8,11-12H,2-4,9-10,13H2,1H3,(H,23,25). The number of hydrogen-bond acceptors (Lipinski definition) is 6. The van der Waals surface area contributed by atoms with Crippen LogP contribution in [0, 0.1) is 0 Å². The number of imide groups is 1. The molecule has 8 heteroatoms. The first-order valence-corrected chi connectivity index (χ1v) is 9.89. The van der Waals surface area contributed by atoms with Crippen molar-refractivity contribution in [1.82, 2.24) is 10.2 Å². The fourth-order valence-corrected chi connectivity index (χ4v) is 4.15. The third-order valence-electron chi connectivity index (χ3n) is 5.76. The monoisotopic (exact) mass is 410 g/mol. The topological polar surface area (TPSA) is 106 Å². The summed E-state index contributed by atoms with van der Waals surface area (Å²) in [5, 5.41) is 2.83. The van der Waals surface area contributed by atoms with Crippen LogP contribution < -0.4 is 5.32 Å². The molecule has 1 aromatic carbocycles.